The molecule has 1 aromatic heterocycles. The predicted octanol–water partition coefficient (Wildman–Crippen LogP) is 0.946. The molecule has 2 aromatic rings. The van der Waals surface area contributed by atoms with Crippen LogP contribution in [0.2, 0.25) is 0 Å². The molecule has 1 heterocycles. The maximum Gasteiger partial charge on any atom is 0.279 e. The Morgan fingerprint density at radius 3 is 2.73 bits per heavy atom. The maximum absolute atomic E-state index is 11.9. The van der Waals surface area contributed by atoms with E-state index in [1.54, 1.807) is 24.5 Å². The molecule has 0 fully saturated rings. The number of carbonyl (C=O) groups is 1. The molecule has 1 amide bonds. The monoisotopic (exact) mass is 323 g/mol. The third-order valence-electron chi connectivity index (χ3n) is 3.19. The van der Waals surface area contributed by atoms with Crippen LogP contribution in [0.4, 0.5) is 5.69 Å². The molecule has 6 nitrogen and oxygen atoms in total. The molecular formula is C15H19N2O4S+. The van der Waals surface area contributed by atoms with Gasteiger partial charge >= 0.3 is 0 Å². The summed E-state index contributed by atoms with van der Waals surface area (Å²) in [5.74, 6) is 0.593. The van der Waals surface area contributed by atoms with Gasteiger partial charge in [0.2, 0.25) is 0 Å². The number of sulfone groups is 1. The molecular weight excluding hydrogens is 304 g/mol. The van der Waals surface area contributed by atoms with E-state index in [2.05, 4.69) is 5.32 Å². The van der Waals surface area contributed by atoms with Gasteiger partial charge in [-0.3, -0.25) is 4.79 Å². The van der Waals surface area contributed by atoms with Crippen molar-refractivity contribution in [2.24, 2.45) is 0 Å². The van der Waals surface area contributed by atoms with E-state index in [1.165, 1.54) is 12.1 Å². The fourth-order valence-corrected chi connectivity index (χ4v) is 2.63. The van der Waals surface area contributed by atoms with Crippen molar-refractivity contribution < 1.29 is 22.9 Å². The van der Waals surface area contributed by atoms with Crippen molar-refractivity contribution in [2.75, 3.05) is 18.1 Å². The summed E-state index contributed by atoms with van der Waals surface area (Å²) < 4.78 is 28.2. The highest BCUT2D eigenvalue weighted by molar-refractivity contribution is 7.90. The van der Waals surface area contributed by atoms with Crippen LogP contribution in [0, 0.1) is 0 Å². The van der Waals surface area contributed by atoms with Gasteiger partial charge in [0.15, 0.2) is 22.1 Å². The number of hydrogen-bond donors (Lipinski definition) is 2. The van der Waals surface area contributed by atoms with E-state index in [0.717, 1.165) is 12.0 Å². The number of anilines is 1. The molecule has 1 atom stereocenters. The van der Waals surface area contributed by atoms with Crippen LogP contribution in [0.1, 0.15) is 18.7 Å². The van der Waals surface area contributed by atoms with Gasteiger partial charge in [-0.15, -0.1) is 0 Å². The van der Waals surface area contributed by atoms with Gasteiger partial charge < -0.3 is 15.1 Å². The molecule has 0 unspecified atom stereocenters. The lowest BCUT2D eigenvalue weighted by Gasteiger charge is -2.09. The highest BCUT2D eigenvalue weighted by Crippen LogP contribution is 2.15. The van der Waals surface area contributed by atoms with Crippen LogP contribution >= 0.6 is 0 Å². The standard InChI is InChI=1S/C15H18N2O4S/c1-11(14-7-4-8-21-14)16-10-15(18)17-12-5-3-6-13(9-12)22(2,19)20/h3-9,11,16H,10H2,1-2H3,(H,17,18)/p+1/t11-/m1/s1. The Kier molecular flexibility index (Phi) is 4.99. The van der Waals surface area contributed by atoms with Crippen molar-refractivity contribution in [1.82, 2.24) is 0 Å². The number of furan rings is 1. The van der Waals surface area contributed by atoms with Crippen LogP contribution in [0.3, 0.4) is 0 Å². The number of rotatable bonds is 6. The molecule has 7 heteroatoms. The Balaban J connectivity index is 1.92. The van der Waals surface area contributed by atoms with E-state index in [0.29, 0.717) is 5.69 Å². The van der Waals surface area contributed by atoms with Gasteiger partial charge in [-0.05, 0) is 37.3 Å². The third kappa shape index (κ3) is 4.44. The molecule has 118 valence electrons. The summed E-state index contributed by atoms with van der Waals surface area (Å²) in [7, 11) is -3.29. The minimum atomic E-state index is -3.29. The van der Waals surface area contributed by atoms with Crippen LogP contribution in [0.25, 0.3) is 0 Å². The maximum atomic E-state index is 11.9. The molecule has 2 rings (SSSR count). The molecule has 0 saturated carbocycles. The molecule has 0 aliphatic heterocycles. The zero-order valence-corrected chi connectivity index (χ0v) is 13.3. The van der Waals surface area contributed by atoms with Crippen LogP contribution in [-0.2, 0) is 14.6 Å². The first kappa shape index (κ1) is 16.3. The normalized spacial score (nSPS) is 12.8. The van der Waals surface area contributed by atoms with Gasteiger partial charge in [-0.2, -0.15) is 0 Å². The zero-order chi connectivity index (χ0) is 16.2. The largest absolute Gasteiger partial charge is 0.463 e. The van der Waals surface area contributed by atoms with E-state index in [4.69, 9.17) is 4.42 Å². The fourth-order valence-electron chi connectivity index (χ4n) is 1.97. The Hall–Kier alpha value is -2.12. The molecule has 1 aromatic carbocycles. The first-order valence-electron chi connectivity index (χ1n) is 6.83. The van der Waals surface area contributed by atoms with Gasteiger partial charge in [0.05, 0.1) is 11.2 Å². The van der Waals surface area contributed by atoms with Gasteiger partial charge in [0, 0.05) is 11.9 Å². The lowest BCUT2D eigenvalue weighted by molar-refractivity contribution is -0.684. The summed E-state index contributed by atoms with van der Waals surface area (Å²) in [5, 5.41) is 4.53. The van der Waals surface area contributed by atoms with Crippen molar-refractivity contribution in [3.05, 3.63) is 48.4 Å². The molecule has 0 aliphatic carbocycles. The second-order valence-electron chi connectivity index (χ2n) is 5.09. The second kappa shape index (κ2) is 6.76. The topological polar surface area (TPSA) is 93.0 Å². The molecule has 0 saturated heterocycles. The third-order valence-corrected chi connectivity index (χ3v) is 4.30. The Labute approximate surface area is 129 Å². The Bertz CT molecular complexity index is 739. The minimum absolute atomic E-state index is 0.0307. The lowest BCUT2D eigenvalue weighted by Crippen LogP contribution is -2.86. The number of nitrogens with two attached hydrogens (primary N) is 1. The van der Waals surface area contributed by atoms with Crippen molar-refractivity contribution in [1.29, 1.82) is 0 Å². The number of carbonyl (C=O) groups excluding carboxylic acids is 1. The summed E-state index contributed by atoms with van der Waals surface area (Å²) in [5.41, 5.74) is 0.465. The van der Waals surface area contributed by atoms with Crippen molar-refractivity contribution in [3.8, 4) is 0 Å². The molecule has 0 aliphatic rings. The van der Waals surface area contributed by atoms with Crippen LogP contribution in [0.5, 0.6) is 0 Å². The number of benzene rings is 1. The van der Waals surface area contributed by atoms with Gasteiger partial charge in [-0.1, -0.05) is 6.07 Å². The van der Waals surface area contributed by atoms with Crippen molar-refractivity contribution in [3.63, 3.8) is 0 Å². The van der Waals surface area contributed by atoms with Gasteiger partial charge in [0.1, 0.15) is 6.04 Å². The predicted molar refractivity (Wildman–Crippen MR) is 82.1 cm³/mol. The van der Waals surface area contributed by atoms with Crippen molar-refractivity contribution in [2.45, 2.75) is 17.9 Å². The number of amides is 1. The summed E-state index contributed by atoms with van der Waals surface area (Å²) in [6.45, 7) is 2.15. The number of hydrogen-bond acceptors (Lipinski definition) is 4. The smallest absolute Gasteiger partial charge is 0.279 e. The highest BCUT2D eigenvalue weighted by Gasteiger charge is 2.14. The van der Waals surface area contributed by atoms with Gasteiger partial charge in [-0.25, -0.2) is 8.42 Å². The molecule has 3 N–H and O–H groups in total. The highest BCUT2D eigenvalue weighted by atomic mass is 32.2. The summed E-state index contributed by atoms with van der Waals surface area (Å²) >= 11 is 0. The first-order chi connectivity index (χ1) is 10.4. The van der Waals surface area contributed by atoms with Crippen LogP contribution in [-0.4, -0.2) is 27.1 Å². The molecule has 0 spiro atoms. The van der Waals surface area contributed by atoms with Crippen LogP contribution < -0.4 is 10.6 Å². The fraction of sp³-hybridized carbons (Fsp3) is 0.267. The van der Waals surface area contributed by atoms with E-state index in [9.17, 15) is 13.2 Å². The van der Waals surface area contributed by atoms with E-state index >= 15 is 0 Å². The number of quaternary nitrogens is 1. The van der Waals surface area contributed by atoms with E-state index in [-0.39, 0.29) is 23.4 Å². The molecule has 0 bridgehead atoms. The van der Waals surface area contributed by atoms with Gasteiger partial charge in [0.25, 0.3) is 5.91 Å². The van der Waals surface area contributed by atoms with Crippen molar-refractivity contribution >= 4 is 21.4 Å². The van der Waals surface area contributed by atoms with Crippen LogP contribution in [0.15, 0.2) is 52.0 Å². The summed E-state index contributed by atoms with van der Waals surface area (Å²) in [6.07, 6.45) is 2.73. The Morgan fingerprint density at radius 1 is 1.32 bits per heavy atom. The van der Waals surface area contributed by atoms with E-state index < -0.39 is 9.84 Å². The average Bonchev–Trinajstić information content (AvgIpc) is 2.98. The van der Waals surface area contributed by atoms with E-state index in [1.807, 2.05) is 18.3 Å². The number of nitrogens with one attached hydrogen (secondary N) is 1. The average molecular weight is 323 g/mol. The lowest BCUT2D eigenvalue weighted by atomic mass is 10.2. The Morgan fingerprint density at radius 2 is 2.09 bits per heavy atom. The molecule has 22 heavy (non-hydrogen) atoms. The first-order valence-corrected chi connectivity index (χ1v) is 8.72. The molecule has 0 radical (unpaired) electrons. The zero-order valence-electron chi connectivity index (χ0n) is 12.4. The SMILES string of the molecule is C[C@@H]([NH2+]CC(=O)Nc1cccc(S(C)(=O)=O)c1)c1ccco1. The second-order valence-corrected chi connectivity index (χ2v) is 7.11. The summed E-state index contributed by atoms with van der Waals surface area (Å²) in [6, 6.07) is 9.89. The summed E-state index contributed by atoms with van der Waals surface area (Å²) in [4.78, 5) is 12.1. The quantitative estimate of drug-likeness (QED) is 0.827. The minimum Gasteiger partial charge on any atom is -0.463 e.